The van der Waals surface area contributed by atoms with Gasteiger partial charge in [-0.25, -0.2) is 0 Å². The monoisotopic (exact) mass is 318 g/mol. The van der Waals surface area contributed by atoms with Crippen LogP contribution in [0.25, 0.3) is 0 Å². The van der Waals surface area contributed by atoms with Crippen molar-refractivity contribution in [1.29, 1.82) is 0 Å². The highest BCUT2D eigenvalue weighted by molar-refractivity contribution is 5.76. The summed E-state index contributed by atoms with van der Waals surface area (Å²) in [5.41, 5.74) is 6.84. The summed E-state index contributed by atoms with van der Waals surface area (Å²) < 4.78 is 5.47. The number of amides is 1. The van der Waals surface area contributed by atoms with Gasteiger partial charge in [0.25, 0.3) is 0 Å². The van der Waals surface area contributed by atoms with Gasteiger partial charge < -0.3 is 15.4 Å². The van der Waals surface area contributed by atoms with Crippen LogP contribution in [-0.2, 0) is 11.2 Å². The first-order valence-electron chi connectivity index (χ1n) is 8.92. The zero-order valence-electron chi connectivity index (χ0n) is 14.3. The average molecular weight is 318 g/mol. The van der Waals surface area contributed by atoms with Gasteiger partial charge in [0.2, 0.25) is 5.91 Å². The second kappa shape index (κ2) is 9.56. The molecule has 0 spiro atoms. The molecule has 1 aromatic carbocycles. The fourth-order valence-electron chi connectivity index (χ4n) is 3.17. The molecule has 1 saturated heterocycles. The Kier molecular flexibility index (Phi) is 7.40. The van der Waals surface area contributed by atoms with E-state index < -0.39 is 0 Å². The van der Waals surface area contributed by atoms with Gasteiger partial charge in [-0.05, 0) is 69.2 Å². The molecule has 0 unspecified atom stereocenters. The number of nitrogens with zero attached hydrogens (tertiary/aromatic N) is 1. The number of carbonyl (C=O) groups excluding carboxylic acids is 1. The highest BCUT2D eigenvalue weighted by Crippen LogP contribution is 2.23. The minimum atomic E-state index is 0.278. The normalized spacial score (nSPS) is 15.7. The summed E-state index contributed by atoms with van der Waals surface area (Å²) in [7, 11) is 0. The first-order chi connectivity index (χ1) is 11.2. The quantitative estimate of drug-likeness (QED) is 0.801. The van der Waals surface area contributed by atoms with E-state index in [9.17, 15) is 4.79 Å². The van der Waals surface area contributed by atoms with Crippen LogP contribution in [-0.4, -0.2) is 37.0 Å². The van der Waals surface area contributed by atoms with Gasteiger partial charge in [-0.3, -0.25) is 4.79 Å². The first-order valence-corrected chi connectivity index (χ1v) is 8.92. The van der Waals surface area contributed by atoms with Crippen LogP contribution in [0.1, 0.15) is 44.6 Å². The summed E-state index contributed by atoms with van der Waals surface area (Å²) in [6, 6.07) is 8.43. The number of ether oxygens (including phenoxy) is 1. The Balaban J connectivity index is 1.69. The van der Waals surface area contributed by atoms with Crippen molar-refractivity contribution < 1.29 is 9.53 Å². The van der Waals surface area contributed by atoms with Crippen LogP contribution in [0.4, 0.5) is 0 Å². The molecule has 2 rings (SSSR count). The Morgan fingerprint density at radius 2 is 1.96 bits per heavy atom. The third kappa shape index (κ3) is 5.87. The fraction of sp³-hybridized carbons (Fsp3) is 0.632. The molecule has 1 heterocycles. The Morgan fingerprint density at radius 1 is 1.26 bits per heavy atom. The molecular formula is C19H30N2O2. The number of likely N-dealkylation sites (tertiary alicyclic amines) is 1. The SMILES string of the molecule is CCOc1ccc(CCC2CCN(C(=O)CCCN)CC2)cc1. The maximum Gasteiger partial charge on any atom is 0.222 e. The summed E-state index contributed by atoms with van der Waals surface area (Å²) in [5.74, 6) is 1.96. The van der Waals surface area contributed by atoms with Crippen molar-refractivity contribution in [3.63, 3.8) is 0 Å². The maximum absolute atomic E-state index is 12.0. The van der Waals surface area contributed by atoms with Crippen LogP contribution in [0.15, 0.2) is 24.3 Å². The molecule has 1 aliphatic rings. The molecule has 4 nitrogen and oxygen atoms in total. The Hall–Kier alpha value is -1.55. The van der Waals surface area contributed by atoms with Crippen molar-refractivity contribution in [3.05, 3.63) is 29.8 Å². The van der Waals surface area contributed by atoms with Crippen LogP contribution in [0, 0.1) is 5.92 Å². The lowest BCUT2D eigenvalue weighted by molar-refractivity contribution is -0.132. The molecule has 1 fully saturated rings. The number of aryl methyl sites for hydroxylation is 1. The van der Waals surface area contributed by atoms with Crippen LogP contribution < -0.4 is 10.5 Å². The minimum Gasteiger partial charge on any atom is -0.494 e. The van der Waals surface area contributed by atoms with Gasteiger partial charge in [0, 0.05) is 19.5 Å². The zero-order chi connectivity index (χ0) is 16.5. The van der Waals surface area contributed by atoms with Crippen LogP contribution in [0.2, 0.25) is 0 Å². The van der Waals surface area contributed by atoms with E-state index in [4.69, 9.17) is 10.5 Å². The lowest BCUT2D eigenvalue weighted by Gasteiger charge is -2.32. The highest BCUT2D eigenvalue weighted by atomic mass is 16.5. The molecule has 0 aromatic heterocycles. The van der Waals surface area contributed by atoms with E-state index in [1.807, 2.05) is 11.8 Å². The maximum atomic E-state index is 12.0. The van der Waals surface area contributed by atoms with Gasteiger partial charge in [-0.15, -0.1) is 0 Å². The molecule has 0 radical (unpaired) electrons. The second-order valence-corrected chi connectivity index (χ2v) is 6.33. The Labute approximate surface area is 140 Å². The predicted molar refractivity (Wildman–Crippen MR) is 93.5 cm³/mol. The molecular weight excluding hydrogens is 288 g/mol. The first kappa shape index (κ1) is 17.8. The van der Waals surface area contributed by atoms with Crippen LogP contribution >= 0.6 is 0 Å². The van der Waals surface area contributed by atoms with Crippen LogP contribution in [0.3, 0.4) is 0 Å². The summed E-state index contributed by atoms with van der Waals surface area (Å²) in [6.07, 6.45) is 5.98. The standard InChI is InChI=1S/C19H30N2O2/c1-2-23-18-9-7-16(8-10-18)5-6-17-11-14-21(15-12-17)19(22)4-3-13-20/h7-10,17H,2-6,11-15,20H2,1H3. The van der Waals surface area contributed by atoms with E-state index in [2.05, 4.69) is 24.3 Å². The molecule has 128 valence electrons. The molecule has 1 aromatic rings. The van der Waals surface area contributed by atoms with Crippen molar-refractivity contribution >= 4 is 5.91 Å². The van der Waals surface area contributed by atoms with Gasteiger partial charge in [0.15, 0.2) is 0 Å². The number of hydrogen-bond acceptors (Lipinski definition) is 3. The van der Waals surface area contributed by atoms with Crippen molar-refractivity contribution in [1.82, 2.24) is 4.90 Å². The van der Waals surface area contributed by atoms with Gasteiger partial charge >= 0.3 is 0 Å². The third-order valence-electron chi connectivity index (χ3n) is 4.64. The number of benzene rings is 1. The van der Waals surface area contributed by atoms with Gasteiger partial charge in [0.05, 0.1) is 6.61 Å². The van der Waals surface area contributed by atoms with Crippen molar-refractivity contribution in [2.24, 2.45) is 11.7 Å². The molecule has 2 N–H and O–H groups in total. The topological polar surface area (TPSA) is 55.6 Å². The zero-order valence-corrected chi connectivity index (χ0v) is 14.3. The summed E-state index contributed by atoms with van der Waals surface area (Å²) in [6.45, 7) is 5.14. The van der Waals surface area contributed by atoms with Crippen molar-refractivity contribution in [2.45, 2.75) is 45.4 Å². The number of carbonyl (C=O) groups is 1. The molecule has 1 aliphatic heterocycles. The number of rotatable bonds is 8. The predicted octanol–water partition coefficient (Wildman–Crippen LogP) is 3.00. The lowest BCUT2D eigenvalue weighted by atomic mass is 9.90. The van der Waals surface area contributed by atoms with E-state index >= 15 is 0 Å². The molecule has 4 heteroatoms. The van der Waals surface area contributed by atoms with E-state index in [1.165, 1.54) is 12.0 Å². The second-order valence-electron chi connectivity index (χ2n) is 6.33. The van der Waals surface area contributed by atoms with Crippen molar-refractivity contribution in [3.8, 4) is 5.75 Å². The Bertz CT molecular complexity index is 465. The third-order valence-corrected chi connectivity index (χ3v) is 4.64. The number of nitrogens with two attached hydrogens (primary N) is 1. The number of piperidine rings is 1. The molecule has 0 atom stereocenters. The van der Waals surface area contributed by atoms with E-state index in [1.54, 1.807) is 0 Å². The molecule has 1 amide bonds. The minimum absolute atomic E-state index is 0.278. The summed E-state index contributed by atoms with van der Waals surface area (Å²) in [4.78, 5) is 14.0. The summed E-state index contributed by atoms with van der Waals surface area (Å²) >= 11 is 0. The molecule has 0 aliphatic carbocycles. The lowest BCUT2D eigenvalue weighted by Crippen LogP contribution is -2.38. The molecule has 0 bridgehead atoms. The largest absolute Gasteiger partial charge is 0.494 e. The van der Waals surface area contributed by atoms with Gasteiger partial charge in [0.1, 0.15) is 5.75 Å². The van der Waals surface area contributed by atoms with E-state index in [-0.39, 0.29) is 5.91 Å². The summed E-state index contributed by atoms with van der Waals surface area (Å²) in [5, 5.41) is 0. The van der Waals surface area contributed by atoms with Gasteiger partial charge in [-0.1, -0.05) is 12.1 Å². The average Bonchev–Trinajstić information content (AvgIpc) is 2.60. The number of hydrogen-bond donors (Lipinski definition) is 1. The van der Waals surface area contributed by atoms with Gasteiger partial charge in [-0.2, -0.15) is 0 Å². The van der Waals surface area contributed by atoms with E-state index in [0.717, 1.165) is 50.4 Å². The van der Waals surface area contributed by atoms with Crippen molar-refractivity contribution in [2.75, 3.05) is 26.2 Å². The van der Waals surface area contributed by atoms with Crippen LogP contribution in [0.5, 0.6) is 5.75 Å². The van der Waals surface area contributed by atoms with E-state index in [0.29, 0.717) is 19.6 Å². The fourth-order valence-corrected chi connectivity index (χ4v) is 3.17. The Morgan fingerprint density at radius 3 is 2.57 bits per heavy atom. The smallest absolute Gasteiger partial charge is 0.222 e. The molecule has 23 heavy (non-hydrogen) atoms. The highest BCUT2D eigenvalue weighted by Gasteiger charge is 2.22. The molecule has 0 saturated carbocycles.